The number of nitrogens with one attached hydrogen (secondary N) is 2. The molecule has 88 valence electrons. The highest BCUT2D eigenvalue weighted by molar-refractivity contribution is 5.85. The number of aliphatic carboxylic acids is 1. The van der Waals surface area contributed by atoms with E-state index in [2.05, 4.69) is 15.3 Å². The number of nitrogens with two attached hydrogens (primary N) is 1. The second kappa shape index (κ2) is 5.86. The van der Waals surface area contributed by atoms with Crippen LogP contribution in [0.5, 0.6) is 0 Å². The summed E-state index contributed by atoms with van der Waals surface area (Å²) >= 11 is 0. The summed E-state index contributed by atoms with van der Waals surface area (Å²) in [5.74, 6) is -0.797. The van der Waals surface area contributed by atoms with Crippen molar-refractivity contribution in [1.29, 1.82) is 0 Å². The van der Waals surface area contributed by atoms with Crippen LogP contribution in [0.1, 0.15) is 12.2 Å². The van der Waals surface area contributed by atoms with Crippen molar-refractivity contribution in [2.24, 2.45) is 5.73 Å². The minimum Gasteiger partial charge on any atom is -0.481 e. The van der Waals surface area contributed by atoms with Crippen molar-refractivity contribution in [2.75, 3.05) is 6.54 Å². The highest BCUT2D eigenvalue weighted by Crippen LogP contribution is 1.90. The molecule has 0 bridgehead atoms. The Morgan fingerprint density at radius 2 is 2.38 bits per heavy atom. The quantitative estimate of drug-likeness (QED) is 0.489. The number of imidazole rings is 1. The van der Waals surface area contributed by atoms with Gasteiger partial charge in [0, 0.05) is 25.4 Å². The molecule has 7 heteroatoms. The summed E-state index contributed by atoms with van der Waals surface area (Å²) in [6, 6.07) is -1.01. The molecule has 0 aromatic carbocycles. The fraction of sp³-hybridized carbons (Fsp3) is 0.444. The van der Waals surface area contributed by atoms with Gasteiger partial charge in [-0.25, -0.2) is 4.98 Å². The lowest BCUT2D eigenvalue weighted by molar-refractivity contribution is -0.139. The van der Waals surface area contributed by atoms with Crippen LogP contribution in [0.4, 0.5) is 0 Å². The third kappa shape index (κ3) is 4.09. The van der Waals surface area contributed by atoms with Gasteiger partial charge in [-0.1, -0.05) is 0 Å². The molecule has 1 rings (SSSR count). The zero-order valence-electron chi connectivity index (χ0n) is 8.64. The number of hydrogen-bond acceptors (Lipinski definition) is 4. The molecule has 16 heavy (non-hydrogen) atoms. The topological polar surface area (TPSA) is 121 Å². The van der Waals surface area contributed by atoms with Crippen molar-refractivity contribution in [1.82, 2.24) is 15.3 Å². The summed E-state index contributed by atoms with van der Waals surface area (Å²) in [6.45, 7) is 0.375. The molecule has 1 amide bonds. The maximum absolute atomic E-state index is 11.3. The van der Waals surface area contributed by atoms with Gasteiger partial charge in [0.2, 0.25) is 5.91 Å². The average molecular weight is 226 g/mol. The van der Waals surface area contributed by atoms with Crippen LogP contribution in [0.3, 0.4) is 0 Å². The lowest BCUT2D eigenvalue weighted by Crippen LogP contribution is -2.42. The van der Waals surface area contributed by atoms with E-state index in [0.29, 0.717) is 13.0 Å². The van der Waals surface area contributed by atoms with Crippen LogP contribution in [-0.2, 0) is 16.0 Å². The van der Waals surface area contributed by atoms with Crippen molar-refractivity contribution in [2.45, 2.75) is 18.9 Å². The van der Waals surface area contributed by atoms with Gasteiger partial charge in [-0.15, -0.1) is 0 Å². The summed E-state index contributed by atoms with van der Waals surface area (Å²) in [4.78, 5) is 28.4. The molecular weight excluding hydrogens is 212 g/mol. The van der Waals surface area contributed by atoms with Crippen LogP contribution >= 0.6 is 0 Å². The minimum atomic E-state index is -1.09. The Hall–Kier alpha value is -1.89. The number of aromatic nitrogens is 2. The highest BCUT2D eigenvalue weighted by atomic mass is 16.4. The van der Waals surface area contributed by atoms with E-state index in [1.165, 1.54) is 0 Å². The molecular formula is C9H14N4O3. The summed E-state index contributed by atoms with van der Waals surface area (Å²) in [5.41, 5.74) is 5.36. The van der Waals surface area contributed by atoms with Crippen LogP contribution in [-0.4, -0.2) is 39.5 Å². The molecule has 0 saturated carbocycles. The summed E-state index contributed by atoms with van der Waals surface area (Å²) in [7, 11) is 0. The fourth-order valence-electron chi connectivity index (χ4n) is 1.15. The van der Waals surface area contributed by atoms with Crippen molar-refractivity contribution in [3.8, 4) is 0 Å². The van der Waals surface area contributed by atoms with Gasteiger partial charge in [0.25, 0.3) is 0 Å². The first-order valence-electron chi connectivity index (χ1n) is 4.83. The third-order valence-corrected chi connectivity index (χ3v) is 1.95. The van der Waals surface area contributed by atoms with Gasteiger partial charge in [0.05, 0.1) is 12.5 Å². The van der Waals surface area contributed by atoms with E-state index in [1.54, 1.807) is 12.4 Å². The SMILES string of the molecule is NC(CC(=O)O)C(=O)NCCc1ncc[nH]1. The van der Waals surface area contributed by atoms with Crippen LogP contribution in [0.15, 0.2) is 12.4 Å². The lowest BCUT2D eigenvalue weighted by atomic mass is 10.2. The van der Waals surface area contributed by atoms with Crippen molar-refractivity contribution < 1.29 is 14.7 Å². The standard InChI is InChI=1S/C9H14N4O3/c10-6(5-8(14)15)9(16)13-2-1-7-11-3-4-12-7/h3-4,6H,1-2,5,10H2,(H,11,12)(H,13,16)(H,14,15). The van der Waals surface area contributed by atoms with Crippen molar-refractivity contribution in [3.63, 3.8) is 0 Å². The zero-order valence-corrected chi connectivity index (χ0v) is 8.64. The van der Waals surface area contributed by atoms with Crippen LogP contribution in [0.25, 0.3) is 0 Å². The van der Waals surface area contributed by atoms with Crippen molar-refractivity contribution >= 4 is 11.9 Å². The summed E-state index contributed by atoms with van der Waals surface area (Å²) in [6.07, 6.45) is 3.49. The van der Waals surface area contributed by atoms with Gasteiger partial charge in [-0.3, -0.25) is 9.59 Å². The Bertz CT molecular complexity index is 350. The number of carboxylic acids is 1. The Kier molecular flexibility index (Phi) is 4.46. The first-order chi connectivity index (χ1) is 7.59. The Morgan fingerprint density at radius 3 is 2.94 bits per heavy atom. The number of hydrogen-bond donors (Lipinski definition) is 4. The largest absolute Gasteiger partial charge is 0.481 e. The number of carbonyl (C=O) groups is 2. The Balaban J connectivity index is 2.22. The molecule has 0 aliphatic carbocycles. The zero-order chi connectivity index (χ0) is 12.0. The van der Waals surface area contributed by atoms with E-state index >= 15 is 0 Å². The van der Waals surface area contributed by atoms with E-state index in [1.807, 2.05) is 0 Å². The lowest BCUT2D eigenvalue weighted by Gasteiger charge is -2.09. The van der Waals surface area contributed by atoms with Gasteiger partial charge in [0.15, 0.2) is 0 Å². The second-order valence-corrected chi connectivity index (χ2v) is 3.28. The maximum atomic E-state index is 11.3. The van der Waals surface area contributed by atoms with Crippen LogP contribution in [0, 0.1) is 0 Å². The molecule has 1 heterocycles. The number of H-pyrrole nitrogens is 1. The Morgan fingerprint density at radius 1 is 1.62 bits per heavy atom. The molecule has 1 atom stereocenters. The number of nitrogens with zero attached hydrogens (tertiary/aromatic N) is 1. The molecule has 0 aliphatic rings. The van der Waals surface area contributed by atoms with Gasteiger partial charge >= 0.3 is 5.97 Å². The predicted molar refractivity (Wildman–Crippen MR) is 55.5 cm³/mol. The number of carboxylic acid groups (broad SMARTS) is 1. The minimum absolute atomic E-state index is 0.368. The summed E-state index contributed by atoms with van der Waals surface area (Å²) in [5, 5.41) is 11.0. The Labute approximate surface area is 92.1 Å². The van der Waals surface area contributed by atoms with Gasteiger partial charge in [-0.2, -0.15) is 0 Å². The smallest absolute Gasteiger partial charge is 0.305 e. The monoisotopic (exact) mass is 226 g/mol. The molecule has 1 aromatic rings. The van der Waals surface area contributed by atoms with E-state index in [-0.39, 0.29) is 6.42 Å². The van der Waals surface area contributed by atoms with Gasteiger partial charge in [0.1, 0.15) is 5.82 Å². The highest BCUT2D eigenvalue weighted by Gasteiger charge is 2.16. The first-order valence-corrected chi connectivity index (χ1v) is 4.83. The van der Waals surface area contributed by atoms with E-state index < -0.39 is 17.9 Å². The van der Waals surface area contributed by atoms with Crippen LogP contribution in [0.2, 0.25) is 0 Å². The molecule has 7 nitrogen and oxygen atoms in total. The predicted octanol–water partition coefficient (Wildman–Crippen LogP) is -1.13. The van der Waals surface area contributed by atoms with Crippen LogP contribution < -0.4 is 11.1 Å². The molecule has 5 N–H and O–H groups in total. The molecule has 0 saturated heterocycles. The second-order valence-electron chi connectivity index (χ2n) is 3.28. The van der Waals surface area contributed by atoms with Gasteiger partial charge in [-0.05, 0) is 0 Å². The molecule has 0 spiro atoms. The molecule has 0 radical (unpaired) electrons. The molecule has 1 unspecified atom stereocenters. The van der Waals surface area contributed by atoms with E-state index in [0.717, 1.165) is 5.82 Å². The fourth-order valence-corrected chi connectivity index (χ4v) is 1.15. The number of amides is 1. The average Bonchev–Trinajstić information content (AvgIpc) is 2.69. The van der Waals surface area contributed by atoms with Crippen molar-refractivity contribution in [3.05, 3.63) is 18.2 Å². The van der Waals surface area contributed by atoms with Gasteiger partial charge < -0.3 is 21.1 Å². The number of aromatic amines is 1. The number of rotatable bonds is 6. The third-order valence-electron chi connectivity index (χ3n) is 1.95. The normalized spacial score (nSPS) is 12.1. The molecule has 0 fully saturated rings. The molecule has 0 aliphatic heterocycles. The number of carbonyl (C=O) groups excluding carboxylic acids is 1. The summed E-state index contributed by atoms with van der Waals surface area (Å²) < 4.78 is 0. The van der Waals surface area contributed by atoms with E-state index in [4.69, 9.17) is 10.8 Å². The first kappa shape index (κ1) is 12.2. The maximum Gasteiger partial charge on any atom is 0.305 e. The van der Waals surface area contributed by atoms with E-state index in [9.17, 15) is 9.59 Å². The molecule has 1 aromatic heterocycles.